The summed E-state index contributed by atoms with van der Waals surface area (Å²) in [5.74, 6) is -0.565. The van der Waals surface area contributed by atoms with Gasteiger partial charge in [-0.15, -0.1) is 0 Å². The molecular weight excluding hydrogens is 313 g/mol. The third-order valence-electron chi connectivity index (χ3n) is 4.12. The summed E-state index contributed by atoms with van der Waals surface area (Å²) < 4.78 is 13.8. The van der Waals surface area contributed by atoms with Crippen LogP contribution in [0.2, 0.25) is 0 Å². The normalized spacial score (nSPS) is 11.8. The monoisotopic (exact) mass is 333 g/mol. The molecule has 0 unspecified atom stereocenters. The molecule has 0 saturated carbocycles. The second kappa shape index (κ2) is 7.75. The van der Waals surface area contributed by atoms with Crippen LogP contribution in [0.4, 0.5) is 4.39 Å². The molecule has 3 aromatic rings. The van der Waals surface area contributed by atoms with Gasteiger partial charge in [0.2, 0.25) is 5.91 Å². The van der Waals surface area contributed by atoms with Crippen LogP contribution in [0.15, 0.2) is 78.9 Å². The van der Waals surface area contributed by atoms with Crippen LogP contribution in [0.1, 0.15) is 28.3 Å². The highest BCUT2D eigenvalue weighted by Gasteiger charge is 2.17. The van der Waals surface area contributed by atoms with Crippen molar-refractivity contribution >= 4 is 5.91 Å². The van der Waals surface area contributed by atoms with Crippen LogP contribution in [0.3, 0.4) is 0 Å². The van der Waals surface area contributed by atoms with E-state index >= 15 is 0 Å². The molecule has 0 heterocycles. The Bertz CT molecular complexity index is 861. The van der Waals surface area contributed by atoms with Crippen LogP contribution in [0.25, 0.3) is 0 Å². The smallest absolute Gasteiger partial charge is 0.225 e. The van der Waals surface area contributed by atoms with Gasteiger partial charge in [0.15, 0.2) is 0 Å². The van der Waals surface area contributed by atoms with Crippen molar-refractivity contribution in [1.82, 2.24) is 5.32 Å². The lowest BCUT2D eigenvalue weighted by Gasteiger charge is -2.20. The molecule has 3 heteroatoms. The van der Waals surface area contributed by atoms with E-state index in [2.05, 4.69) is 11.4 Å². The summed E-state index contributed by atoms with van der Waals surface area (Å²) >= 11 is 0. The molecule has 25 heavy (non-hydrogen) atoms. The van der Waals surface area contributed by atoms with E-state index in [0.717, 1.165) is 16.7 Å². The van der Waals surface area contributed by atoms with Crippen LogP contribution in [0.5, 0.6) is 0 Å². The van der Waals surface area contributed by atoms with Gasteiger partial charge in [0.25, 0.3) is 0 Å². The van der Waals surface area contributed by atoms with Gasteiger partial charge >= 0.3 is 0 Å². The summed E-state index contributed by atoms with van der Waals surface area (Å²) in [6.07, 6.45) is 0.0157. The highest BCUT2D eigenvalue weighted by atomic mass is 19.1. The van der Waals surface area contributed by atoms with Crippen molar-refractivity contribution in [3.63, 3.8) is 0 Å². The summed E-state index contributed by atoms with van der Waals surface area (Å²) in [6.45, 7) is 2.02. The second-order valence-electron chi connectivity index (χ2n) is 6.09. The Morgan fingerprint density at radius 3 is 2.32 bits per heavy atom. The predicted molar refractivity (Wildman–Crippen MR) is 97.7 cm³/mol. The first-order valence-electron chi connectivity index (χ1n) is 8.28. The van der Waals surface area contributed by atoms with Gasteiger partial charge in [0.1, 0.15) is 5.82 Å². The molecule has 3 rings (SSSR count). The number of halogens is 1. The molecule has 126 valence electrons. The molecule has 1 N–H and O–H groups in total. The zero-order valence-electron chi connectivity index (χ0n) is 14.1. The predicted octanol–water partition coefficient (Wildman–Crippen LogP) is 4.58. The first kappa shape index (κ1) is 16.9. The molecule has 1 atom stereocenters. The minimum Gasteiger partial charge on any atom is -0.345 e. The maximum atomic E-state index is 13.8. The lowest BCUT2D eigenvalue weighted by atomic mass is 9.97. The van der Waals surface area contributed by atoms with E-state index in [4.69, 9.17) is 0 Å². The number of carbonyl (C=O) groups excluding carboxylic acids is 1. The molecule has 0 aromatic heterocycles. The Kier molecular flexibility index (Phi) is 5.24. The van der Waals surface area contributed by atoms with Crippen molar-refractivity contribution in [2.45, 2.75) is 19.4 Å². The van der Waals surface area contributed by atoms with E-state index in [9.17, 15) is 9.18 Å². The number of carbonyl (C=O) groups is 1. The van der Waals surface area contributed by atoms with Gasteiger partial charge in [-0.25, -0.2) is 4.39 Å². The van der Waals surface area contributed by atoms with Crippen molar-refractivity contribution in [2.24, 2.45) is 0 Å². The molecule has 0 spiro atoms. The Hall–Kier alpha value is -2.94. The maximum Gasteiger partial charge on any atom is 0.225 e. The van der Waals surface area contributed by atoms with Crippen molar-refractivity contribution in [3.8, 4) is 0 Å². The summed E-state index contributed by atoms with van der Waals surface area (Å²) in [4.78, 5) is 12.5. The van der Waals surface area contributed by atoms with E-state index in [1.807, 2.05) is 55.5 Å². The highest BCUT2D eigenvalue weighted by molar-refractivity contribution is 5.79. The third-order valence-corrected chi connectivity index (χ3v) is 4.12. The largest absolute Gasteiger partial charge is 0.345 e. The number of hydrogen-bond acceptors (Lipinski definition) is 1. The quantitative estimate of drug-likeness (QED) is 0.727. The van der Waals surface area contributed by atoms with Gasteiger partial charge in [-0.1, -0.05) is 78.4 Å². The summed E-state index contributed by atoms with van der Waals surface area (Å²) in [5.41, 5.74) is 3.53. The number of rotatable bonds is 5. The summed E-state index contributed by atoms with van der Waals surface area (Å²) in [7, 11) is 0. The molecule has 0 aliphatic carbocycles. The van der Waals surface area contributed by atoms with Crippen molar-refractivity contribution in [1.29, 1.82) is 0 Å². The Morgan fingerprint density at radius 1 is 0.920 bits per heavy atom. The number of hydrogen-bond donors (Lipinski definition) is 1. The average Bonchev–Trinajstić information content (AvgIpc) is 2.62. The van der Waals surface area contributed by atoms with Gasteiger partial charge in [-0.2, -0.15) is 0 Å². The van der Waals surface area contributed by atoms with Crippen molar-refractivity contribution < 1.29 is 9.18 Å². The molecule has 0 radical (unpaired) electrons. The molecule has 1 amide bonds. The number of nitrogens with one attached hydrogen (secondary N) is 1. The van der Waals surface area contributed by atoms with Gasteiger partial charge in [0.05, 0.1) is 12.5 Å². The topological polar surface area (TPSA) is 29.1 Å². The van der Waals surface area contributed by atoms with E-state index in [1.54, 1.807) is 18.2 Å². The minimum atomic E-state index is -0.357. The maximum absolute atomic E-state index is 13.8. The number of benzene rings is 3. The van der Waals surface area contributed by atoms with Crippen LogP contribution >= 0.6 is 0 Å². The van der Waals surface area contributed by atoms with Gasteiger partial charge in [-0.05, 0) is 29.7 Å². The molecule has 0 fully saturated rings. The van der Waals surface area contributed by atoms with E-state index in [1.165, 1.54) is 6.07 Å². The highest BCUT2D eigenvalue weighted by Crippen LogP contribution is 2.23. The lowest BCUT2D eigenvalue weighted by molar-refractivity contribution is -0.121. The Labute approximate surface area is 147 Å². The van der Waals surface area contributed by atoms with E-state index in [0.29, 0.717) is 5.56 Å². The van der Waals surface area contributed by atoms with E-state index < -0.39 is 0 Å². The van der Waals surface area contributed by atoms with Crippen molar-refractivity contribution in [3.05, 3.63) is 107 Å². The molecular formula is C22H20FNO. The molecule has 0 bridgehead atoms. The van der Waals surface area contributed by atoms with Crippen LogP contribution < -0.4 is 5.32 Å². The van der Waals surface area contributed by atoms with Gasteiger partial charge in [0, 0.05) is 0 Å². The van der Waals surface area contributed by atoms with Gasteiger partial charge < -0.3 is 5.32 Å². The SMILES string of the molecule is Cc1cccc([C@H](NC(=O)Cc2ccccc2F)c2ccccc2)c1. The standard InChI is InChI=1S/C22H20FNO/c1-16-8-7-12-19(14-16)22(17-9-3-2-4-10-17)24-21(25)15-18-11-5-6-13-20(18)23/h2-14,22H,15H2,1H3,(H,24,25)/t22-/m1/s1. The first-order chi connectivity index (χ1) is 12.1. The summed E-state index contributed by atoms with van der Waals surface area (Å²) in [5, 5.41) is 3.05. The van der Waals surface area contributed by atoms with Crippen LogP contribution in [-0.4, -0.2) is 5.91 Å². The summed E-state index contributed by atoms with van der Waals surface area (Å²) in [6, 6.07) is 24.0. The second-order valence-corrected chi connectivity index (χ2v) is 6.09. The number of amides is 1. The average molecular weight is 333 g/mol. The minimum absolute atomic E-state index is 0.0157. The molecule has 0 aliphatic heterocycles. The molecule has 0 aliphatic rings. The zero-order valence-corrected chi connectivity index (χ0v) is 14.1. The van der Waals surface area contributed by atoms with E-state index in [-0.39, 0.29) is 24.2 Å². The Balaban J connectivity index is 1.85. The molecule has 3 aromatic carbocycles. The molecule has 0 saturated heterocycles. The molecule has 2 nitrogen and oxygen atoms in total. The third kappa shape index (κ3) is 4.32. The Morgan fingerprint density at radius 2 is 1.60 bits per heavy atom. The number of aryl methyl sites for hydroxylation is 1. The first-order valence-corrected chi connectivity index (χ1v) is 8.28. The lowest BCUT2D eigenvalue weighted by Crippen LogP contribution is -2.30. The fraction of sp³-hybridized carbons (Fsp3) is 0.136. The van der Waals surface area contributed by atoms with Crippen molar-refractivity contribution in [2.75, 3.05) is 0 Å². The van der Waals surface area contributed by atoms with Crippen LogP contribution in [-0.2, 0) is 11.2 Å². The zero-order chi connectivity index (χ0) is 17.6. The fourth-order valence-electron chi connectivity index (χ4n) is 2.88. The van der Waals surface area contributed by atoms with Gasteiger partial charge in [-0.3, -0.25) is 4.79 Å². The fourth-order valence-corrected chi connectivity index (χ4v) is 2.88. The van der Waals surface area contributed by atoms with Crippen LogP contribution in [0, 0.1) is 12.7 Å².